The Morgan fingerprint density at radius 1 is 1.12 bits per heavy atom. The molecule has 2 amide bonds. The van der Waals surface area contributed by atoms with Crippen LogP contribution >= 0.6 is 11.3 Å². The lowest BCUT2D eigenvalue weighted by Gasteiger charge is -2.20. The van der Waals surface area contributed by atoms with Crippen LogP contribution in [0.4, 0.5) is 5.00 Å². The zero-order valence-electron chi connectivity index (χ0n) is 15.2. The molecule has 0 aliphatic carbocycles. The molecular formula is C20H25N3O2S. The number of hydrogen-bond donors (Lipinski definition) is 2. The van der Waals surface area contributed by atoms with Crippen molar-refractivity contribution in [2.24, 2.45) is 0 Å². The maximum Gasteiger partial charge on any atom is 0.256 e. The summed E-state index contributed by atoms with van der Waals surface area (Å²) in [5.41, 5.74) is 2.37. The predicted molar refractivity (Wildman–Crippen MR) is 106 cm³/mol. The first-order chi connectivity index (χ1) is 12.6. The van der Waals surface area contributed by atoms with Gasteiger partial charge in [0.2, 0.25) is 0 Å². The molecule has 0 spiro atoms. The molecule has 1 fully saturated rings. The zero-order valence-corrected chi connectivity index (χ0v) is 16.1. The van der Waals surface area contributed by atoms with Crippen molar-refractivity contribution in [3.05, 3.63) is 52.4 Å². The van der Waals surface area contributed by atoms with Crippen LogP contribution in [0.15, 0.2) is 35.7 Å². The second-order valence-corrected chi connectivity index (χ2v) is 7.71. The highest BCUT2D eigenvalue weighted by Crippen LogP contribution is 2.26. The summed E-state index contributed by atoms with van der Waals surface area (Å²) in [5, 5.41) is 8.67. The molecular weight excluding hydrogens is 346 g/mol. The second-order valence-electron chi connectivity index (χ2n) is 6.79. The molecule has 0 saturated carbocycles. The molecule has 0 radical (unpaired) electrons. The average Bonchev–Trinajstić information content (AvgIpc) is 2.92. The van der Waals surface area contributed by atoms with Crippen molar-refractivity contribution in [1.82, 2.24) is 10.2 Å². The molecule has 138 valence electrons. The van der Waals surface area contributed by atoms with Gasteiger partial charge in [-0.3, -0.25) is 9.59 Å². The summed E-state index contributed by atoms with van der Waals surface area (Å²) < 4.78 is 0. The SMILES string of the molecule is CC(C)c1ccc(C(=O)Nc2sccc2C(=O)N2CCCNCC2)cc1. The topological polar surface area (TPSA) is 61.4 Å². The Hall–Kier alpha value is -2.18. The highest BCUT2D eigenvalue weighted by atomic mass is 32.1. The minimum atomic E-state index is -0.186. The largest absolute Gasteiger partial charge is 0.337 e. The van der Waals surface area contributed by atoms with Crippen molar-refractivity contribution in [3.8, 4) is 0 Å². The molecule has 0 bridgehead atoms. The number of thiophene rings is 1. The van der Waals surface area contributed by atoms with Crippen molar-refractivity contribution < 1.29 is 9.59 Å². The number of amides is 2. The van der Waals surface area contributed by atoms with Gasteiger partial charge in [0.25, 0.3) is 11.8 Å². The van der Waals surface area contributed by atoms with Crippen molar-refractivity contribution in [2.75, 3.05) is 31.5 Å². The molecule has 2 heterocycles. The average molecular weight is 372 g/mol. The highest BCUT2D eigenvalue weighted by molar-refractivity contribution is 7.14. The molecule has 26 heavy (non-hydrogen) atoms. The second kappa shape index (κ2) is 8.47. The molecule has 5 nitrogen and oxygen atoms in total. The summed E-state index contributed by atoms with van der Waals surface area (Å²) in [6.07, 6.45) is 0.944. The number of carbonyl (C=O) groups is 2. The maximum atomic E-state index is 12.8. The summed E-state index contributed by atoms with van der Waals surface area (Å²) in [4.78, 5) is 27.2. The Morgan fingerprint density at radius 3 is 2.62 bits per heavy atom. The van der Waals surface area contributed by atoms with Gasteiger partial charge in [0.15, 0.2) is 0 Å². The lowest BCUT2D eigenvalue weighted by Crippen LogP contribution is -2.34. The van der Waals surface area contributed by atoms with Crippen LogP contribution in [0.2, 0.25) is 0 Å². The van der Waals surface area contributed by atoms with E-state index in [4.69, 9.17) is 0 Å². The summed E-state index contributed by atoms with van der Waals surface area (Å²) in [6, 6.07) is 9.41. The molecule has 1 aliphatic heterocycles. The molecule has 3 rings (SSSR count). The van der Waals surface area contributed by atoms with E-state index in [1.54, 1.807) is 6.07 Å². The van der Waals surface area contributed by atoms with E-state index in [-0.39, 0.29) is 11.8 Å². The van der Waals surface area contributed by atoms with Gasteiger partial charge < -0.3 is 15.5 Å². The number of benzene rings is 1. The molecule has 1 aromatic carbocycles. The Bertz CT molecular complexity index is 760. The first-order valence-corrected chi connectivity index (χ1v) is 9.93. The minimum Gasteiger partial charge on any atom is -0.337 e. The standard InChI is InChI=1S/C20H25N3O2S/c1-14(2)15-4-6-16(7-5-15)18(24)22-19-17(8-13-26-19)20(25)23-11-3-9-21-10-12-23/h4-8,13-14,21H,3,9-12H2,1-2H3,(H,22,24). The van der Waals surface area contributed by atoms with Crippen LogP contribution in [0.1, 0.15) is 52.5 Å². The number of nitrogens with zero attached hydrogens (tertiary/aromatic N) is 1. The van der Waals surface area contributed by atoms with Crippen LogP contribution in [0.25, 0.3) is 0 Å². The first kappa shape index (κ1) is 18.6. The lowest BCUT2D eigenvalue weighted by molar-refractivity contribution is 0.0768. The summed E-state index contributed by atoms with van der Waals surface area (Å²) in [6.45, 7) is 7.42. The van der Waals surface area contributed by atoms with Crippen LogP contribution < -0.4 is 10.6 Å². The molecule has 1 saturated heterocycles. The van der Waals surface area contributed by atoms with Gasteiger partial charge in [-0.25, -0.2) is 0 Å². The fourth-order valence-corrected chi connectivity index (χ4v) is 3.76. The smallest absolute Gasteiger partial charge is 0.256 e. The van der Waals surface area contributed by atoms with E-state index >= 15 is 0 Å². The molecule has 6 heteroatoms. The van der Waals surface area contributed by atoms with E-state index in [0.29, 0.717) is 28.6 Å². The van der Waals surface area contributed by atoms with E-state index in [2.05, 4.69) is 24.5 Å². The number of hydrogen-bond acceptors (Lipinski definition) is 4. The van der Waals surface area contributed by atoms with Crippen LogP contribution in [0.5, 0.6) is 0 Å². The van der Waals surface area contributed by atoms with Crippen LogP contribution in [-0.4, -0.2) is 42.9 Å². The Balaban J connectivity index is 1.71. The van der Waals surface area contributed by atoms with Gasteiger partial charge in [-0.15, -0.1) is 11.3 Å². The van der Waals surface area contributed by atoms with Crippen LogP contribution in [-0.2, 0) is 0 Å². The van der Waals surface area contributed by atoms with E-state index in [0.717, 1.165) is 26.1 Å². The van der Waals surface area contributed by atoms with Gasteiger partial charge in [-0.1, -0.05) is 26.0 Å². The van der Waals surface area contributed by atoms with Gasteiger partial charge in [0.1, 0.15) is 5.00 Å². The number of nitrogens with one attached hydrogen (secondary N) is 2. The van der Waals surface area contributed by atoms with Gasteiger partial charge >= 0.3 is 0 Å². The fourth-order valence-electron chi connectivity index (χ4n) is 2.99. The number of rotatable bonds is 4. The Labute approximate surface area is 158 Å². The highest BCUT2D eigenvalue weighted by Gasteiger charge is 2.22. The van der Waals surface area contributed by atoms with Crippen molar-refractivity contribution in [1.29, 1.82) is 0 Å². The van der Waals surface area contributed by atoms with Crippen molar-refractivity contribution >= 4 is 28.2 Å². The molecule has 0 unspecified atom stereocenters. The van der Waals surface area contributed by atoms with Gasteiger partial charge in [0.05, 0.1) is 5.56 Å². The van der Waals surface area contributed by atoms with Crippen molar-refractivity contribution in [2.45, 2.75) is 26.2 Å². The van der Waals surface area contributed by atoms with E-state index in [1.807, 2.05) is 34.5 Å². The quantitative estimate of drug-likeness (QED) is 0.864. The maximum absolute atomic E-state index is 12.8. The molecule has 1 aromatic heterocycles. The monoisotopic (exact) mass is 371 g/mol. The van der Waals surface area contributed by atoms with Gasteiger partial charge in [-0.2, -0.15) is 0 Å². The first-order valence-electron chi connectivity index (χ1n) is 9.05. The van der Waals surface area contributed by atoms with Crippen molar-refractivity contribution in [3.63, 3.8) is 0 Å². The molecule has 2 aromatic rings. The zero-order chi connectivity index (χ0) is 18.5. The van der Waals surface area contributed by atoms with E-state index in [9.17, 15) is 9.59 Å². The summed E-state index contributed by atoms with van der Waals surface area (Å²) in [7, 11) is 0. The normalized spacial score (nSPS) is 15.0. The minimum absolute atomic E-state index is 0.0135. The Morgan fingerprint density at radius 2 is 1.88 bits per heavy atom. The third-order valence-electron chi connectivity index (χ3n) is 4.59. The predicted octanol–water partition coefficient (Wildman–Crippen LogP) is 3.56. The molecule has 2 N–H and O–H groups in total. The van der Waals surface area contributed by atoms with Gasteiger partial charge in [0, 0.05) is 25.2 Å². The van der Waals surface area contributed by atoms with Gasteiger partial charge in [-0.05, 0) is 48.0 Å². The number of anilines is 1. The van der Waals surface area contributed by atoms with Crippen LogP contribution in [0, 0.1) is 0 Å². The lowest BCUT2D eigenvalue weighted by atomic mass is 10.0. The van der Waals surface area contributed by atoms with E-state index in [1.165, 1.54) is 16.9 Å². The Kier molecular flexibility index (Phi) is 6.06. The fraction of sp³-hybridized carbons (Fsp3) is 0.400. The molecule has 1 aliphatic rings. The molecule has 0 atom stereocenters. The summed E-state index contributed by atoms with van der Waals surface area (Å²) in [5.74, 6) is 0.228. The van der Waals surface area contributed by atoms with Crippen LogP contribution in [0.3, 0.4) is 0 Å². The number of carbonyl (C=O) groups excluding carboxylic acids is 2. The third kappa shape index (κ3) is 4.31. The third-order valence-corrected chi connectivity index (χ3v) is 5.42. The summed E-state index contributed by atoms with van der Waals surface area (Å²) >= 11 is 1.38. The van der Waals surface area contributed by atoms with E-state index < -0.39 is 0 Å².